The number of carboxylic acid groups (broad SMARTS) is 1. The smallest absolute Gasteiger partial charge is 0.341 e. The normalized spacial score (nSPS) is 10.7. The zero-order valence-corrected chi connectivity index (χ0v) is 13.0. The van der Waals surface area contributed by atoms with E-state index in [2.05, 4.69) is 0 Å². The lowest BCUT2D eigenvalue weighted by atomic mass is 10.1. The lowest BCUT2D eigenvalue weighted by Gasteiger charge is -2.14. The number of aromatic nitrogens is 1. The average Bonchev–Trinajstić information content (AvgIpc) is 2.35. The van der Waals surface area contributed by atoms with Crippen LogP contribution < -0.4 is 5.56 Å². The summed E-state index contributed by atoms with van der Waals surface area (Å²) in [6.45, 7) is 3.56. The maximum atomic E-state index is 12.3. The van der Waals surface area contributed by atoms with Gasteiger partial charge in [-0.15, -0.1) is 0 Å². The molecule has 1 N–H and O–H groups in total. The van der Waals surface area contributed by atoms with Crippen molar-refractivity contribution in [2.75, 3.05) is 0 Å². The molecule has 4 nitrogen and oxygen atoms in total. The van der Waals surface area contributed by atoms with Gasteiger partial charge in [-0.05, 0) is 43.2 Å². The number of hydrogen-bond donors (Lipinski definition) is 1. The van der Waals surface area contributed by atoms with E-state index in [4.69, 9.17) is 28.3 Å². The van der Waals surface area contributed by atoms with Gasteiger partial charge in [-0.2, -0.15) is 0 Å². The molecule has 0 saturated carbocycles. The van der Waals surface area contributed by atoms with Crippen LogP contribution in [0.2, 0.25) is 10.0 Å². The summed E-state index contributed by atoms with van der Waals surface area (Å²) in [5.74, 6) is -1.23. The zero-order valence-electron chi connectivity index (χ0n) is 11.5. The zero-order chi connectivity index (χ0) is 15.7. The van der Waals surface area contributed by atoms with Crippen LogP contribution in [-0.2, 0) is 6.54 Å². The summed E-state index contributed by atoms with van der Waals surface area (Å²) in [4.78, 5) is 23.6. The van der Waals surface area contributed by atoms with Crippen molar-refractivity contribution in [3.63, 3.8) is 0 Å². The van der Waals surface area contributed by atoms with Crippen LogP contribution in [0.5, 0.6) is 0 Å². The molecule has 0 aliphatic carbocycles. The number of aryl methyl sites for hydroxylation is 2. The van der Waals surface area contributed by atoms with Crippen LogP contribution in [-0.4, -0.2) is 15.6 Å². The summed E-state index contributed by atoms with van der Waals surface area (Å²) in [6.07, 6.45) is 0. The van der Waals surface area contributed by atoms with E-state index >= 15 is 0 Å². The second kappa shape index (κ2) is 5.92. The first kappa shape index (κ1) is 15.6. The predicted octanol–water partition coefficient (Wildman–Crippen LogP) is 3.52. The lowest BCUT2D eigenvalue weighted by molar-refractivity contribution is 0.0693. The summed E-state index contributed by atoms with van der Waals surface area (Å²) in [6, 6.07) is 6.66. The Kier molecular flexibility index (Phi) is 4.40. The second-order valence-electron chi connectivity index (χ2n) is 4.78. The minimum atomic E-state index is -1.23. The molecule has 2 rings (SSSR count). The average molecular weight is 326 g/mol. The Morgan fingerprint density at radius 2 is 1.90 bits per heavy atom. The highest BCUT2D eigenvalue weighted by atomic mass is 35.5. The third kappa shape index (κ3) is 3.12. The molecule has 1 aromatic heterocycles. The number of carboxylic acids is 1. The van der Waals surface area contributed by atoms with Crippen LogP contribution in [0.1, 0.15) is 27.2 Å². The SMILES string of the molecule is Cc1cc(C)n(Cc2ccc(Cl)cc2Cl)c(=O)c1C(=O)O. The number of aromatic carboxylic acids is 1. The van der Waals surface area contributed by atoms with E-state index in [0.717, 1.165) is 0 Å². The Morgan fingerprint density at radius 1 is 1.24 bits per heavy atom. The van der Waals surface area contributed by atoms with E-state index in [1.807, 2.05) is 0 Å². The number of rotatable bonds is 3. The van der Waals surface area contributed by atoms with Gasteiger partial charge in [-0.1, -0.05) is 29.3 Å². The summed E-state index contributed by atoms with van der Waals surface area (Å²) in [5.41, 5.74) is 1.07. The molecule has 0 saturated heterocycles. The minimum absolute atomic E-state index is 0.196. The molecular weight excluding hydrogens is 313 g/mol. The Hall–Kier alpha value is -1.78. The summed E-state index contributed by atoms with van der Waals surface area (Å²) in [5, 5.41) is 10.1. The molecule has 0 atom stereocenters. The van der Waals surface area contributed by atoms with Crippen molar-refractivity contribution < 1.29 is 9.90 Å². The fraction of sp³-hybridized carbons (Fsp3) is 0.200. The van der Waals surface area contributed by atoms with Crippen LogP contribution >= 0.6 is 23.2 Å². The molecule has 0 aliphatic heterocycles. The minimum Gasteiger partial charge on any atom is -0.477 e. The molecule has 0 unspecified atom stereocenters. The number of benzene rings is 1. The van der Waals surface area contributed by atoms with E-state index in [9.17, 15) is 9.59 Å². The number of nitrogens with zero attached hydrogens (tertiary/aromatic N) is 1. The van der Waals surface area contributed by atoms with Crippen molar-refractivity contribution in [2.24, 2.45) is 0 Å². The molecular formula is C15H13Cl2NO3. The highest BCUT2D eigenvalue weighted by Crippen LogP contribution is 2.22. The van der Waals surface area contributed by atoms with Crippen molar-refractivity contribution >= 4 is 29.2 Å². The molecule has 0 aliphatic rings. The molecule has 110 valence electrons. The largest absolute Gasteiger partial charge is 0.477 e. The van der Waals surface area contributed by atoms with Gasteiger partial charge in [0, 0.05) is 15.7 Å². The number of halogens is 2. The molecule has 1 aromatic carbocycles. The Labute approximate surface area is 131 Å². The molecule has 1 heterocycles. The molecule has 21 heavy (non-hydrogen) atoms. The number of hydrogen-bond acceptors (Lipinski definition) is 2. The molecule has 0 radical (unpaired) electrons. The second-order valence-corrected chi connectivity index (χ2v) is 5.62. The summed E-state index contributed by atoms with van der Waals surface area (Å²) in [7, 11) is 0. The lowest BCUT2D eigenvalue weighted by Crippen LogP contribution is -2.29. The van der Waals surface area contributed by atoms with E-state index in [1.54, 1.807) is 38.1 Å². The molecule has 2 aromatic rings. The Morgan fingerprint density at radius 3 is 2.48 bits per heavy atom. The molecule has 0 spiro atoms. The van der Waals surface area contributed by atoms with Crippen molar-refractivity contribution in [1.82, 2.24) is 4.57 Å². The number of pyridine rings is 1. The molecule has 0 amide bonds. The highest BCUT2D eigenvalue weighted by molar-refractivity contribution is 6.35. The van der Waals surface area contributed by atoms with E-state index in [-0.39, 0.29) is 12.1 Å². The Bertz CT molecular complexity index is 781. The van der Waals surface area contributed by atoms with Crippen molar-refractivity contribution in [3.05, 3.63) is 67.0 Å². The van der Waals surface area contributed by atoms with Crippen LogP contribution in [0.25, 0.3) is 0 Å². The monoisotopic (exact) mass is 325 g/mol. The third-order valence-corrected chi connectivity index (χ3v) is 3.85. The van der Waals surface area contributed by atoms with E-state index < -0.39 is 11.5 Å². The van der Waals surface area contributed by atoms with Gasteiger partial charge >= 0.3 is 5.97 Å². The first-order chi connectivity index (χ1) is 9.81. The molecule has 0 bridgehead atoms. The van der Waals surface area contributed by atoms with Gasteiger partial charge in [0.1, 0.15) is 5.56 Å². The maximum absolute atomic E-state index is 12.3. The van der Waals surface area contributed by atoms with E-state index in [0.29, 0.717) is 26.9 Å². The van der Waals surface area contributed by atoms with Crippen LogP contribution in [0, 0.1) is 13.8 Å². The fourth-order valence-electron chi connectivity index (χ4n) is 2.20. The van der Waals surface area contributed by atoms with Gasteiger partial charge in [0.2, 0.25) is 0 Å². The summed E-state index contributed by atoms with van der Waals surface area (Å²) >= 11 is 11.9. The number of carbonyl (C=O) groups is 1. The first-order valence-electron chi connectivity index (χ1n) is 6.19. The van der Waals surface area contributed by atoms with Gasteiger partial charge in [-0.25, -0.2) is 4.79 Å². The van der Waals surface area contributed by atoms with Gasteiger partial charge < -0.3 is 9.67 Å². The quantitative estimate of drug-likeness (QED) is 0.939. The summed E-state index contributed by atoms with van der Waals surface area (Å²) < 4.78 is 1.39. The molecule has 6 heteroatoms. The fourth-order valence-corrected chi connectivity index (χ4v) is 2.67. The van der Waals surface area contributed by atoms with Crippen molar-refractivity contribution in [3.8, 4) is 0 Å². The van der Waals surface area contributed by atoms with Crippen molar-refractivity contribution in [2.45, 2.75) is 20.4 Å². The topological polar surface area (TPSA) is 59.3 Å². The van der Waals surface area contributed by atoms with Gasteiger partial charge in [0.05, 0.1) is 6.54 Å². The van der Waals surface area contributed by atoms with Gasteiger partial charge in [-0.3, -0.25) is 4.79 Å². The van der Waals surface area contributed by atoms with Crippen LogP contribution in [0.3, 0.4) is 0 Å². The van der Waals surface area contributed by atoms with E-state index in [1.165, 1.54) is 4.57 Å². The first-order valence-corrected chi connectivity index (χ1v) is 6.95. The highest BCUT2D eigenvalue weighted by Gasteiger charge is 2.17. The van der Waals surface area contributed by atoms with Gasteiger partial charge in [0.15, 0.2) is 0 Å². The third-order valence-electron chi connectivity index (χ3n) is 3.26. The maximum Gasteiger partial charge on any atom is 0.341 e. The van der Waals surface area contributed by atoms with Gasteiger partial charge in [0.25, 0.3) is 5.56 Å². The van der Waals surface area contributed by atoms with Crippen LogP contribution in [0.15, 0.2) is 29.1 Å². The molecule has 0 fully saturated rings. The predicted molar refractivity (Wildman–Crippen MR) is 82.7 cm³/mol. The van der Waals surface area contributed by atoms with Crippen molar-refractivity contribution in [1.29, 1.82) is 0 Å². The standard InChI is InChI=1S/C15H13Cl2NO3/c1-8-5-9(2)18(14(19)13(8)15(20)21)7-10-3-4-11(16)6-12(10)17/h3-6H,7H2,1-2H3,(H,20,21). The Balaban J connectivity index is 2.57. The van der Waals surface area contributed by atoms with Crippen LogP contribution in [0.4, 0.5) is 0 Å².